The van der Waals surface area contributed by atoms with E-state index in [0.29, 0.717) is 35.2 Å². The van der Waals surface area contributed by atoms with Crippen LogP contribution in [0, 0.1) is 6.08 Å². The van der Waals surface area contributed by atoms with Crippen LogP contribution < -0.4 is 15.6 Å². The molecule has 1 fully saturated rings. The van der Waals surface area contributed by atoms with Crippen molar-refractivity contribution < 1.29 is 9.13 Å². The summed E-state index contributed by atoms with van der Waals surface area (Å²) < 4.78 is 18.4. The molecule has 8 nitrogen and oxygen atoms in total. The van der Waals surface area contributed by atoms with Gasteiger partial charge in [0.15, 0.2) is 5.82 Å². The number of H-pyrrole nitrogens is 2. The van der Waals surface area contributed by atoms with E-state index in [4.69, 9.17) is 16.3 Å². The number of aromatic nitrogens is 5. The largest absolute Gasteiger partial charge is 0.480 e. The Morgan fingerprint density at radius 1 is 1.30 bits per heavy atom. The smallest absolute Gasteiger partial charge is 0.305 e. The van der Waals surface area contributed by atoms with Gasteiger partial charge in [-0.3, -0.25) is 10.9 Å². The highest BCUT2D eigenvalue weighted by Crippen LogP contribution is 2.37. The first-order valence-corrected chi connectivity index (χ1v) is 7.35. The molecule has 23 heavy (non-hydrogen) atoms. The summed E-state index contributed by atoms with van der Waals surface area (Å²) in [4.78, 5) is 11.5. The fraction of sp³-hybridized carbons (Fsp3) is 0.308. The zero-order chi connectivity index (χ0) is 16.0. The van der Waals surface area contributed by atoms with Crippen molar-refractivity contribution in [1.82, 2.24) is 36.0 Å². The quantitative estimate of drug-likeness (QED) is 0.575. The summed E-state index contributed by atoms with van der Waals surface area (Å²) in [5.74, 6) is 0.710. The van der Waals surface area contributed by atoms with Gasteiger partial charge in [-0.25, -0.2) is 10.1 Å². The predicted octanol–water partition coefficient (Wildman–Crippen LogP) is 1.34. The number of fused-ring (bicyclic) bond motifs is 1. The van der Waals surface area contributed by atoms with E-state index in [9.17, 15) is 4.39 Å². The van der Waals surface area contributed by atoms with Crippen molar-refractivity contribution in [1.29, 1.82) is 0 Å². The summed E-state index contributed by atoms with van der Waals surface area (Å²) in [7, 11) is 1.51. The van der Waals surface area contributed by atoms with E-state index in [1.807, 2.05) is 0 Å². The van der Waals surface area contributed by atoms with E-state index < -0.39 is 6.08 Å². The van der Waals surface area contributed by atoms with Gasteiger partial charge >= 0.3 is 6.08 Å². The molecule has 0 amide bonds. The number of halogens is 2. The zero-order valence-electron chi connectivity index (χ0n) is 12.1. The fourth-order valence-corrected chi connectivity index (χ4v) is 3.06. The predicted molar refractivity (Wildman–Crippen MR) is 81.7 cm³/mol. The summed E-state index contributed by atoms with van der Waals surface area (Å²) in [6, 6.07) is 1.73. The van der Waals surface area contributed by atoms with Gasteiger partial charge in [0.25, 0.3) is 0 Å². The molecule has 0 unspecified atom stereocenters. The number of hydrazine groups is 1. The van der Waals surface area contributed by atoms with Crippen LogP contribution in [0.2, 0.25) is 5.02 Å². The Morgan fingerprint density at radius 3 is 2.74 bits per heavy atom. The summed E-state index contributed by atoms with van der Waals surface area (Å²) in [6.45, 7) is 1.42. The third-order valence-electron chi connectivity index (χ3n) is 3.83. The molecule has 3 aromatic heterocycles. The molecule has 4 N–H and O–H groups in total. The van der Waals surface area contributed by atoms with E-state index >= 15 is 0 Å². The molecule has 0 radical (unpaired) electrons. The molecule has 1 aliphatic rings. The Hall–Kier alpha value is -2.23. The normalized spacial score (nSPS) is 15.6. The molecule has 120 valence electrons. The summed E-state index contributed by atoms with van der Waals surface area (Å²) in [5.41, 5.74) is 9.10. The van der Waals surface area contributed by atoms with Crippen LogP contribution in [-0.4, -0.2) is 45.3 Å². The maximum atomic E-state index is 13.2. The molecule has 1 saturated heterocycles. The number of nitrogens with zero attached hydrogens (tertiary/aromatic N) is 3. The van der Waals surface area contributed by atoms with Crippen LogP contribution in [0.25, 0.3) is 22.6 Å². The number of rotatable bonds is 3. The van der Waals surface area contributed by atoms with Gasteiger partial charge in [-0.2, -0.15) is 9.37 Å². The van der Waals surface area contributed by atoms with Gasteiger partial charge in [-0.15, -0.1) is 5.10 Å². The van der Waals surface area contributed by atoms with Gasteiger partial charge in [0.2, 0.25) is 5.88 Å². The van der Waals surface area contributed by atoms with Crippen LogP contribution in [0.4, 0.5) is 4.39 Å². The highest BCUT2D eigenvalue weighted by atomic mass is 35.5. The zero-order valence-corrected chi connectivity index (χ0v) is 12.8. The van der Waals surface area contributed by atoms with Crippen molar-refractivity contribution in [2.24, 2.45) is 0 Å². The molecular formula is C13H13ClFN7O. The van der Waals surface area contributed by atoms with Crippen LogP contribution in [0.3, 0.4) is 0 Å². The first kappa shape index (κ1) is 14.4. The maximum absolute atomic E-state index is 13.2. The lowest BCUT2D eigenvalue weighted by atomic mass is 9.98. The van der Waals surface area contributed by atoms with E-state index in [0.717, 1.165) is 11.1 Å². The Bertz CT molecular complexity index is 871. The topological polar surface area (TPSA) is 104 Å². The second kappa shape index (κ2) is 5.44. The van der Waals surface area contributed by atoms with Crippen LogP contribution in [-0.2, 0) is 0 Å². The lowest BCUT2D eigenvalue weighted by molar-refractivity contribution is 0.400. The number of hydrogen-bond acceptors (Lipinski definition) is 6. The molecule has 0 bridgehead atoms. The standard InChI is InChI=1S/C13H13ClFN7O/c1-23-12-6(14)2-7-9(19-12)8(5-3-16-17-4-5)10(18-7)11-20-13(15)22-21-11/h2,5,16-18H,3-4H2,1H3,(H,20,21,22). The Labute approximate surface area is 134 Å². The van der Waals surface area contributed by atoms with Gasteiger partial charge in [0.05, 0.1) is 23.8 Å². The van der Waals surface area contributed by atoms with Crippen LogP contribution in [0.1, 0.15) is 11.5 Å². The van der Waals surface area contributed by atoms with Gasteiger partial charge in [-0.05, 0) is 6.07 Å². The van der Waals surface area contributed by atoms with Crippen LogP contribution >= 0.6 is 11.6 Å². The molecule has 10 heteroatoms. The highest BCUT2D eigenvalue weighted by molar-refractivity contribution is 6.32. The van der Waals surface area contributed by atoms with Crippen LogP contribution in [0.15, 0.2) is 6.07 Å². The minimum atomic E-state index is -0.740. The number of ether oxygens (including phenoxy) is 1. The third kappa shape index (κ3) is 2.33. The molecule has 3 aromatic rings. The molecular weight excluding hydrogens is 325 g/mol. The van der Waals surface area contributed by atoms with Crippen molar-refractivity contribution >= 4 is 22.6 Å². The maximum Gasteiger partial charge on any atom is 0.305 e. The summed E-state index contributed by atoms with van der Waals surface area (Å²) >= 11 is 6.15. The lowest BCUT2D eigenvalue weighted by Crippen LogP contribution is -2.21. The van der Waals surface area contributed by atoms with Crippen molar-refractivity contribution in [2.75, 3.05) is 20.2 Å². The van der Waals surface area contributed by atoms with E-state index in [1.165, 1.54) is 7.11 Å². The molecule has 0 spiro atoms. The average Bonchev–Trinajstić information content (AvgIpc) is 3.24. The molecule has 0 atom stereocenters. The van der Waals surface area contributed by atoms with E-state index in [1.54, 1.807) is 6.07 Å². The molecule has 0 saturated carbocycles. The highest BCUT2D eigenvalue weighted by Gasteiger charge is 2.28. The number of pyridine rings is 1. The first-order valence-electron chi connectivity index (χ1n) is 6.97. The Kier molecular flexibility index (Phi) is 3.40. The number of methoxy groups -OCH3 is 1. The lowest BCUT2D eigenvalue weighted by Gasteiger charge is -2.09. The summed E-state index contributed by atoms with van der Waals surface area (Å²) in [6.07, 6.45) is -0.740. The van der Waals surface area contributed by atoms with Gasteiger partial charge < -0.3 is 9.72 Å². The molecule has 1 aliphatic heterocycles. The first-order chi connectivity index (χ1) is 11.2. The number of nitrogens with one attached hydrogen (secondary N) is 4. The molecule has 0 aromatic carbocycles. The SMILES string of the molecule is COc1nc2c(C3CNNC3)c(-c3n[nH]c(F)n3)[nH]c2cc1Cl. The number of aromatic amines is 2. The van der Waals surface area contributed by atoms with E-state index in [-0.39, 0.29) is 11.7 Å². The van der Waals surface area contributed by atoms with Gasteiger partial charge in [-0.1, -0.05) is 11.6 Å². The molecule has 4 heterocycles. The average molecular weight is 338 g/mol. The number of hydrogen-bond donors (Lipinski definition) is 4. The van der Waals surface area contributed by atoms with Crippen molar-refractivity contribution in [3.8, 4) is 17.4 Å². The molecule has 0 aliphatic carbocycles. The van der Waals surface area contributed by atoms with Crippen molar-refractivity contribution in [3.63, 3.8) is 0 Å². The second-order valence-corrected chi connectivity index (χ2v) is 5.61. The molecule has 4 rings (SSSR count). The Balaban J connectivity index is 1.98. The minimum Gasteiger partial charge on any atom is -0.480 e. The second-order valence-electron chi connectivity index (χ2n) is 5.20. The van der Waals surface area contributed by atoms with Gasteiger partial charge in [0, 0.05) is 24.6 Å². The van der Waals surface area contributed by atoms with Gasteiger partial charge in [0.1, 0.15) is 5.02 Å². The van der Waals surface area contributed by atoms with E-state index in [2.05, 4.69) is 36.0 Å². The Morgan fingerprint density at radius 2 is 2.09 bits per heavy atom. The fourth-order valence-electron chi connectivity index (χ4n) is 2.83. The third-order valence-corrected chi connectivity index (χ3v) is 4.10. The van der Waals surface area contributed by atoms with Crippen molar-refractivity contribution in [3.05, 3.63) is 22.7 Å². The van der Waals surface area contributed by atoms with Crippen LogP contribution in [0.5, 0.6) is 5.88 Å². The monoisotopic (exact) mass is 337 g/mol. The van der Waals surface area contributed by atoms with Crippen molar-refractivity contribution in [2.45, 2.75) is 5.92 Å². The summed E-state index contributed by atoms with van der Waals surface area (Å²) in [5, 5.41) is 6.51. The minimum absolute atomic E-state index is 0.124.